The molecule has 0 fully saturated rings. The molecular formula is C18H11F4N3O5S. The molecule has 0 bridgehead atoms. The smallest absolute Gasteiger partial charge is 0.406 e. The van der Waals surface area contributed by atoms with Crippen LogP contribution < -0.4 is 11.2 Å². The van der Waals surface area contributed by atoms with Gasteiger partial charge in [0, 0.05) is 11.7 Å². The number of aromatic amines is 1. The molecule has 0 spiro atoms. The minimum atomic E-state index is -4.54. The van der Waals surface area contributed by atoms with Crippen molar-refractivity contribution >= 4 is 31.6 Å². The quantitative estimate of drug-likeness (QED) is 0.279. The highest BCUT2D eigenvalue weighted by atomic mass is 32.2. The number of rotatable bonds is 3. The van der Waals surface area contributed by atoms with Crippen molar-refractivity contribution < 1.29 is 31.2 Å². The van der Waals surface area contributed by atoms with Gasteiger partial charge in [-0.3, -0.25) is 4.79 Å². The van der Waals surface area contributed by atoms with Gasteiger partial charge in [-0.2, -0.15) is 13.2 Å². The monoisotopic (exact) mass is 457 g/mol. The second kappa shape index (κ2) is 6.70. The van der Waals surface area contributed by atoms with Crippen molar-refractivity contribution in [1.29, 1.82) is 0 Å². The highest BCUT2D eigenvalue weighted by Gasteiger charge is 2.29. The summed E-state index contributed by atoms with van der Waals surface area (Å²) in [5.41, 5.74) is -3.56. The lowest BCUT2D eigenvalue weighted by molar-refractivity contribution is -0.139. The summed E-state index contributed by atoms with van der Waals surface area (Å²) in [6, 6.07) is 6.30. The summed E-state index contributed by atoms with van der Waals surface area (Å²) in [6.45, 7) is -1.34. The van der Waals surface area contributed by atoms with E-state index in [1.807, 2.05) is 4.98 Å². The second-order valence-electron chi connectivity index (χ2n) is 6.63. The number of sulfone groups is 1. The number of H-pyrrole nitrogens is 1. The Balaban J connectivity index is 1.98. The minimum absolute atomic E-state index is 0.0176. The normalized spacial score (nSPS) is 12.6. The predicted octanol–water partition coefficient (Wildman–Crippen LogP) is 2.42. The number of aromatic nitrogens is 3. The first-order valence-electron chi connectivity index (χ1n) is 8.48. The zero-order valence-corrected chi connectivity index (χ0v) is 16.0. The van der Waals surface area contributed by atoms with Gasteiger partial charge in [-0.1, -0.05) is 10.8 Å². The van der Waals surface area contributed by atoms with E-state index in [4.69, 9.17) is 0 Å². The molecule has 4 rings (SSSR count). The molecule has 0 atom stereocenters. The van der Waals surface area contributed by atoms with Gasteiger partial charge < -0.3 is 14.8 Å². The molecule has 0 saturated carbocycles. The Morgan fingerprint density at radius 3 is 2.45 bits per heavy atom. The Morgan fingerprint density at radius 1 is 1.06 bits per heavy atom. The molecule has 2 aromatic carbocycles. The summed E-state index contributed by atoms with van der Waals surface area (Å²) in [6.07, 6.45) is -3.39. The van der Waals surface area contributed by atoms with E-state index in [-0.39, 0.29) is 5.52 Å². The third kappa shape index (κ3) is 3.36. The summed E-state index contributed by atoms with van der Waals surface area (Å²) < 4.78 is 79.4. The maximum atomic E-state index is 14.2. The summed E-state index contributed by atoms with van der Waals surface area (Å²) >= 11 is 0. The van der Waals surface area contributed by atoms with Crippen molar-refractivity contribution in [2.24, 2.45) is 0 Å². The lowest BCUT2D eigenvalue weighted by atomic mass is 10.2. The molecule has 0 amide bonds. The van der Waals surface area contributed by atoms with E-state index in [1.54, 1.807) is 0 Å². The van der Waals surface area contributed by atoms with E-state index in [0.29, 0.717) is 11.5 Å². The van der Waals surface area contributed by atoms with Crippen LogP contribution in [0.15, 0.2) is 62.0 Å². The first-order valence-corrected chi connectivity index (χ1v) is 9.96. The van der Waals surface area contributed by atoms with Crippen LogP contribution in [0.4, 0.5) is 17.6 Å². The van der Waals surface area contributed by atoms with E-state index >= 15 is 0 Å². The fourth-order valence-corrected chi connectivity index (χ4v) is 4.70. The third-order valence-corrected chi connectivity index (χ3v) is 6.44. The van der Waals surface area contributed by atoms with Gasteiger partial charge in [0.15, 0.2) is 0 Å². The Labute approximate surface area is 169 Å². The van der Waals surface area contributed by atoms with Gasteiger partial charge in [-0.15, -0.1) is 0 Å². The summed E-state index contributed by atoms with van der Waals surface area (Å²) in [4.78, 5) is 24.6. The lowest BCUT2D eigenvalue weighted by Crippen LogP contribution is -2.34. The molecule has 162 valence electrons. The molecule has 2 N–H and O–H groups in total. The first-order chi connectivity index (χ1) is 14.4. The van der Waals surface area contributed by atoms with Crippen molar-refractivity contribution in [3.05, 3.63) is 69.3 Å². The van der Waals surface area contributed by atoms with E-state index in [9.17, 15) is 40.8 Å². The van der Waals surface area contributed by atoms with Crippen LogP contribution in [-0.4, -0.2) is 34.1 Å². The zero-order chi connectivity index (χ0) is 22.7. The molecule has 0 unspecified atom stereocenters. The number of hydrogen-bond donors (Lipinski definition) is 2. The standard InChI is InChI=1S/C18H11F4N3O5S/c19-11-3-4-13(15-14(11)16(26)25(28)17(27)23-15)31(29,30)10-2-1-9-5-6-24(12(9)7-10)8-18(20,21)22/h1-7,28H,8H2,(H,23,27). The van der Waals surface area contributed by atoms with E-state index in [0.717, 1.165) is 29.0 Å². The Kier molecular flexibility index (Phi) is 4.46. The molecule has 4 aromatic rings. The minimum Gasteiger partial charge on any atom is -0.421 e. The van der Waals surface area contributed by atoms with Crippen LogP contribution in [0.5, 0.6) is 0 Å². The number of halogens is 4. The first kappa shape index (κ1) is 20.7. The van der Waals surface area contributed by atoms with Crippen LogP contribution in [0.2, 0.25) is 0 Å². The third-order valence-electron chi connectivity index (χ3n) is 4.64. The van der Waals surface area contributed by atoms with Crippen LogP contribution >= 0.6 is 0 Å². The van der Waals surface area contributed by atoms with Crippen LogP contribution in [0, 0.1) is 5.82 Å². The van der Waals surface area contributed by atoms with Crippen LogP contribution in [0.3, 0.4) is 0 Å². The van der Waals surface area contributed by atoms with E-state index < -0.39 is 65.0 Å². The molecule has 31 heavy (non-hydrogen) atoms. The van der Waals surface area contributed by atoms with Gasteiger partial charge in [0.1, 0.15) is 17.7 Å². The largest absolute Gasteiger partial charge is 0.421 e. The van der Waals surface area contributed by atoms with Crippen LogP contribution in [0.1, 0.15) is 0 Å². The number of nitrogens with one attached hydrogen (secondary N) is 1. The van der Waals surface area contributed by atoms with Crippen molar-refractivity contribution in [2.75, 3.05) is 0 Å². The number of benzene rings is 2. The van der Waals surface area contributed by atoms with Crippen molar-refractivity contribution in [3.8, 4) is 0 Å². The Hall–Kier alpha value is -3.61. The van der Waals surface area contributed by atoms with Gasteiger partial charge in [0.05, 0.1) is 15.3 Å². The zero-order valence-electron chi connectivity index (χ0n) is 15.1. The average molecular weight is 457 g/mol. The van der Waals surface area contributed by atoms with Gasteiger partial charge in [-0.25, -0.2) is 17.6 Å². The fraction of sp³-hybridized carbons (Fsp3) is 0.111. The van der Waals surface area contributed by atoms with Gasteiger partial charge >= 0.3 is 11.9 Å². The Morgan fingerprint density at radius 2 is 1.77 bits per heavy atom. The molecule has 0 aliphatic rings. The molecule has 13 heteroatoms. The van der Waals surface area contributed by atoms with E-state index in [1.165, 1.54) is 12.1 Å². The van der Waals surface area contributed by atoms with Crippen molar-refractivity contribution in [2.45, 2.75) is 22.5 Å². The van der Waals surface area contributed by atoms with Crippen molar-refractivity contribution in [3.63, 3.8) is 0 Å². The molecule has 0 radical (unpaired) electrons. The van der Waals surface area contributed by atoms with Gasteiger partial charge in [-0.05, 0) is 35.7 Å². The number of fused-ring (bicyclic) bond motifs is 2. The predicted molar refractivity (Wildman–Crippen MR) is 99.4 cm³/mol. The van der Waals surface area contributed by atoms with Crippen molar-refractivity contribution in [1.82, 2.24) is 14.3 Å². The highest BCUT2D eigenvalue weighted by molar-refractivity contribution is 7.91. The van der Waals surface area contributed by atoms with Gasteiger partial charge in [0.2, 0.25) is 9.84 Å². The maximum absolute atomic E-state index is 14.2. The van der Waals surface area contributed by atoms with E-state index in [2.05, 4.69) is 0 Å². The Bertz CT molecular complexity index is 1580. The fourth-order valence-electron chi connectivity index (χ4n) is 3.26. The van der Waals surface area contributed by atoms with Crippen LogP contribution in [-0.2, 0) is 16.4 Å². The summed E-state index contributed by atoms with van der Waals surface area (Å²) in [7, 11) is -4.52. The molecule has 2 aromatic heterocycles. The average Bonchev–Trinajstić information content (AvgIpc) is 3.06. The number of nitrogens with zero attached hydrogens (tertiary/aromatic N) is 2. The summed E-state index contributed by atoms with van der Waals surface area (Å²) in [5, 5.41) is 8.89. The lowest BCUT2D eigenvalue weighted by Gasteiger charge is -2.11. The molecule has 8 nitrogen and oxygen atoms in total. The number of hydrogen-bond acceptors (Lipinski definition) is 5. The molecule has 0 aliphatic carbocycles. The SMILES string of the molecule is O=c1[nH]c2c(S(=O)(=O)c3ccc4ccn(CC(F)(F)F)c4c3)ccc(F)c2c(=O)n1O. The number of alkyl halides is 3. The molecule has 0 saturated heterocycles. The summed E-state index contributed by atoms with van der Waals surface area (Å²) in [5.74, 6) is -1.19. The molecule has 2 heterocycles. The molecule has 0 aliphatic heterocycles. The topological polar surface area (TPSA) is 114 Å². The molecular weight excluding hydrogens is 446 g/mol. The maximum Gasteiger partial charge on any atom is 0.406 e. The highest BCUT2D eigenvalue weighted by Crippen LogP contribution is 2.30. The second-order valence-corrected chi connectivity index (χ2v) is 8.54. The van der Waals surface area contributed by atoms with Crippen LogP contribution in [0.25, 0.3) is 21.8 Å². The van der Waals surface area contributed by atoms with Gasteiger partial charge in [0.25, 0.3) is 5.56 Å².